The highest BCUT2D eigenvalue weighted by molar-refractivity contribution is 14.0. The normalized spacial score (nSPS) is 11.7. The number of guanidine groups is 1. The molecule has 0 atom stereocenters. The maximum Gasteiger partial charge on any atom is 0.422 e. The van der Waals surface area contributed by atoms with E-state index in [1.54, 1.807) is 25.5 Å². The number of aromatic nitrogens is 3. The lowest BCUT2D eigenvalue weighted by molar-refractivity contribution is -0.153. The topological polar surface area (TPSA) is 76.4 Å². The van der Waals surface area contributed by atoms with E-state index < -0.39 is 12.8 Å². The van der Waals surface area contributed by atoms with Crippen LogP contribution in [0, 0.1) is 0 Å². The quantitative estimate of drug-likeness (QED) is 0.324. The Morgan fingerprint density at radius 1 is 1.21 bits per heavy atom. The number of nitrogens with one attached hydrogen (secondary N) is 2. The highest BCUT2D eigenvalue weighted by Gasteiger charge is 2.28. The molecule has 0 bridgehead atoms. The molecule has 0 radical (unpaired) electrons. The molecule has 0 aliphatic rings. The van der Waals surface area contributed by atoms with Crippen LogP contribution in [0.3, 0.4) is 0 Å². The Bertz CT molecular complexity index is 733. The lowest BCUT2D eigenvalue weighted by atomic mass is 10.2. The number of nitrogens with zero attached hydrogens (tertiary/aromatic N) is 4. The third-order valence-corrected chi connectivity index (χ3v) is 3.67. The smallest absolute Gasteiger partial charge is 0.422 e. The molecule has 156 valence electrons. The van der Waals surface area contributed by atoms with Gasteiger partial charge in [-0.15, -0.1) is 34.2 Å². The lowest BCUT2D eigenvalue weighted by Gasteiger charge is -2.13. The van der Waals surface area contributed by atoms with Crippen molar-refractivity contribution in [2.24, 2.45) is 4.99 Å². The molecule has 0 aliphatic heterocycles. The summed E-state index contributed by atoms with van der Waals surface area (Å²) in [7, 11) is 1.67. The van der Waals surface area contributed by atoms with Crippen LogP contribution in [-0.4, -0.2) is 47.1 Å². The number of ether oxygens (including phenoxy) is 1. The molecule has 0 saturated heterocycles. The first-order valence-corrected chi connectivity index (χ1v) is 8.51. The fraction of sp³-hybridized carbons (Fsp3) is 0.471. The number of hydrogen-bond donors (Lipinski definition) is 2. The van der Waals surface area contributed by atoms with Crippen molar-refractivity contribution < 1.29 is 17.9 Å². The van der Waals surface area contributed by atoms with E-state index in [-0.39, 0.29) is 29.7 Å². The molecular weight excluding hydrogens is 488 g/mol. The highest BCUT2D eigenvalue weighted by atomic mass is 127. The van der Waals surface area contributed by atoms with Crippen LogP contribution in [0.25, 0.3) is 0 Å². The first-order valence-electron chi connectivity index (χ1n) is 8.51. The summed E-state index contributed by atoms with van der Waals surface area (Å²) in [6.45, 7) is 2.56. The Hall–Kier alpha value is -2.05. The van der Waals surface area contributed by atoms with Crippen molar-refractivity contribution in [1.29, 1.82) is 0 Å². The van der Waals surface area contributed by atoms with Crippen molar-refractivity contribution >= 4 is 29.9 Å². The molecule has 0 unspecified atom stereocenters. The number of aliphatic imine (C=N–C) groups is 1. The van der Waals surface area contributed by atoms with E-state index in [0.29, 0.717) is 25.6 Å². The van der Waals surface area contributed by atoms with Gasteiger partial charge >= 0.3 is 6.18 Å². The number of halogens is 4. The summed E-state index contributed by atoms with van der Waals surface area (Å²) in [4.78, 5) is 4.14. The molecule has 7 nitrogen and oxygen atoms in total. The summed E-state index contributed by atoms with van der Waals surface area (Å²) in [6, 6.07) is 6.43. The Balaban J connectivity index is 0.00000392. The second-order valence-electron chi connectivity index (χ2n) is 5.69. The van der Waals surface area contributed by atoms with Crippen LogP contribution in [0.5, 0.6) is 5.75 Å². The van der Waals surface area contributed by atoms with Crippen LogP contribution in [0.15, 0.2) is 35.6 Å². The summed E-state index contributed by atoms with van der Waals surface area (Å²) in [5.74, 6) is 1.73. The Labute approximate surface area is 178 Å². The Morgan fingerprint density at radius 2 is 1.93 bits per heavy atom. The summed E-state index contributed by atoms with van der Waals surface area (Å²) < 4.78 is 43.1. The predicted molar refractivity (Wildman–Crippen MR) is 111 cm³/mol. The molecule has 28 heavy (non-hydrogen) atoms. The van der Waals surface area contributed by atoms with Crippen LogP contribution in [0.2, 0.25) is 0 Å². The molecular formula is C17H24F3IN6O. The van der Waals surface area contributed by atoms with Gasteiger partial charge in [0.2, 0.25) is 0 Å². The van der Waals surface area contributed by atoms with E-state index in [0.717, 1.165) is 17.8 Å². The Morgan fingerprint density at radius 3 is 2.54 bits per heavy atom. The second kappa shape index (κ2) is 11.7. The Kier molecular flexibility index (Phi) is 10.0. The van der Waals surface area contributed by atoms with E-state index in [1.165, 1.54) is 12.1 Å². The zero-order valence-electron chi connectivity index (χ0n) is 15.7. The molecule has 2 aromatic rings. The summed E-state index contributed by atoms with van der Waals surface area (Å²) in [6.07, 6.45) is -1.84. The summed E-state index contributed by atoms with van der Waals surface area (Å²) in [5.41, 5.74) is 0.893. The third kappa shape index (κ3) is 8.31. The molecule has 0 aliphatic carbocycles. The van der Waals surface area contributed by atoms with Gasteiger partial charge in [-0.3, -0.25) is 4.99 Å². The average Bonchev–Trinajstić information content (AvgIpc) is 3.10. The number of alkyl halides is 3. The lowest BCUT2D eigenvalue weighted by Crippen LogP contribution is -2.38. The van der Waals surface area contributed by atoms with Gasteiger partial charge in [0, 0.05) is 33.1 Å². The first-order chi connectivity index (χ1) is 12.9. The highest BCUT2D eigenvalue weighted by Crippen LogP contribution is 2.18. The molecule has 1 aromatic heterocycles. The molecule has 1 aromatic carbocycles. The minimum absolute atomic E-state index is 0. The van der Waals surface area contributed by atoms with Crippen molar-refractivity contribution in [2.45, 2.75) is 32.6 Å². The first kappa shape index (κ1) is 24.0. The van der Waals surface area contributed by atoms with E-state index in [9.17, 15) is 13.2 Å². The van der Waals surface area contributed by atoms with Crippen molar-refractivity contribution in [3.63, 3.8) is 0 Å². The van der Waals surface area contributed by atoms with Crippen LogP contribution in [0.4, 0.5) is 13.2 Å². The molecule has 0 amide bonds. The van der Waals surface area contributed by atoms with Crippen molar-refractivity contribution in [2.75, 3.05) is 20.2 Å². The molecule has 0 saturated carbocycles. The summed E-state index contributed by atoms with van der Waals surface area (Å²) >= 11 is 0. The van der Waals surface area contributed by atoms with Gasteiger partial charge in [0.25, 0.3) is 0 Å². The van der Waals surface area contributed by atoms with Gasteiger partial charge < -0.3 is 19.9 Å². The number of benzene rings is 1. The van der Waals surface area contributed by atoms with Gasteiger partial charge in [-0.25, -0.2) is 0 Å². The predicted octanol–water partition coefficient (Wildman–Crippen LogP) is 2.76. The van der Waals surface area contributed by atoms with Gasteiger partial charge in [-0.1, -0.05) is 19.1 Å². The van der Waals surface area contributed by atoms with Crippen molar-refractivity contribution in [3.05, 3.63) is 42.0 Å². The number of hydrogen-bond acceptors (Lipinski definition) is 4. The van der Waals surface area contributed by atoms with E-state index in [1.807, 2.05) is 11.5 Å². The average molecular weight is 512 g/mol. The number of rotatable bonds is 8. The van der Waals surface area contributed by atoms with Gasteiger partial charge in [0.05, 0.1) is 0 Å². The van der Waals surface area contributed by atoms with Gasteiger partial charge in [-0.2, -0.15) is 13.2 Å². The largest absolute Gasteiger partial charge is 0.484 e. The minimum Gasteiger partial charge on any atom is -0.484 e. The summed E-state index contributed by atoms with van der Waals surface area (Å²) in [5, 5.41) is 14.3. The third-order valence-electron chi connectivity index (χ3n) is 3.67. The SMILES string of the molecule is CCc1nncn1CCNC(=NC)NCc1ccc(OCC(F)(F)F)cc1.I. The van der Waals surface area contributed by atoms with Crippen LogP contribution in [0.1, 0.15) is 18.3 Å². The molecule has 11 heteroatoms. The number of aryl methyl sites for hydroxylation is 1. The molecule has 2 N–H and O–H groups in total. The fourth-order valence-corrected chi connectivity index (χ4v) is 2.31. The van der Waals surface area contributed by atoms with Gasteiger partial charge in [0.15, 0.2) is 12.6 Å². The van der Waals surface area contributed by atoms with E-state index >= 15 is 0 Å². The minimum atomic E-state index is -4.34. The van der Waals surface area contributed by atoms with E-state index in [4.69, 9.17) is 0 Å². The zero-order chi connectivity index (χ0) is 19.7. The van der Waals surface area contributed by atoms with Crippen LogP contribution >= 0.6 is 24.0 Å². The maximum atomic E-state index is 12.1. The zero-order valence-corrected chi connectivity index (χ0v) is 18.0. The van der Waals surface area contributed by atoms with Gasteiger partial charge in [0.1, 0.15) is 17.9 Å². The maximum absolute atomic E-state index is 12.1. The second-order valence-corrected chi connectivity index (χ2v) is 5.69. The monoisotopic (exact) mass is 512 g/mol. The van der Waals surface area contributed by atoms with Crippen molar-refractivity contribution in [3.8, 4) is 5.75 Å². The molecule has 0 spiro atoms. The molecule has 1 heterocycles. The van der Waals surface area contributed by atoms with E-state index in [2.05, 4.69) is 30.6 Å². The standard InChI is InChI=1S/C17H23F3N6O.HI/c1-3-15-25-24-12-26(15)9-8-22-16(21-2)23-10-13-4-6-14(7-5-13)27-11-17(18,19)20;/h4-7,12H,3,8-11H2,1-2H3,(H2,21,22,23);1H. The van der Waals surface area contributed by atoms with Crippen LogP contribution in [-0.2, 0) is 19.5 Å². The molecule has 0 fully saturated rings. The van der Waals surface area contributed by atoms with Crippen molar-refractivity contribution in [1.82, 2.24) is 25.4 Å². The van der Waals surface area contributed by atoms with Gasteiger partial charge in [-0.05, 0) is 17.7 Å². The molecule has 2 rings (SSSR count). The fourth-order valence-electron chi connectivity index (χ4n) is 2.31. The van der Waals surface area contributed by atoms with Crippen LogP contribution < -0.4 is 15.4 Å².